The van der Waals surface area contributed by atoms with Crippen molar-refractivity contribution in [1.82, 2.24) is 14.8 Å². The van der Waals surface area contributed by atoms with Crippen LogP contribution < -0.4 is 4.90 Å². The zero-order valence-electron chi connectivity index (χ0n) is 17.5. The van der Waals surface area contributed by atoms with Crippen LogP contribution in [-0.2, 0) is 6.54 Å². The Morgan fingerprint density at radius 3 is 2.55 bits per heavy atom. The number of aromatic nitrogens is 1. The highest BCUT2D eigenvalue weighted by Crippen LogP contribution is 2.24. The van der Waals surface area contributed by atoms with Crippen LogP contribution in [0.3, 0.4) is 0 Å². The fourth-order valence-corrected chi connectivity index (χ4v) is 4.45. The van der Waals surface area contributed by atoms with Crippen LogP contribution in [0.25, 0.3) is 0 Å². The van der Waals surface area contributed by atoms with Gasteiger partial charge >= 0.3 is 0 Å². The van der Waals surface area contributed by atoms with E-state index in [0.717, 1.165) is 69.9 Å². The van der Waals surface area contributed by atoms with Crippen LogP contribution in [0, 0.1) is 0 Å². The molecule has 1 aromatic carbocycles. The van der Waals surface area contributed by atoms with Crippen molar-refractivity contribution in [2.24, 2.45) is 0 Å². The van der Waals surface area contributed by atoms with Crippen LogP contribution in [0.15, 0.2) is 48.7 Å². The number of hydrogen-bond donors (Lipinski definition) is 0. The fraction of sp³-hybridized carbons (Fsp3) is 0.500. The number of nitrogens with zero attached hydrogens (tertiary/aromatic N) is 4. The molecule has 2 aliphatic heterocycles. The van der Waals surface area contributed by atoms with E-state index in [2.05, 4.69) is 52.0 Å². The first-order chi connectivity index (χ1) is 14.2. The molecule has 2 aliphatic rings. The number of likely N-dealkylation sites (tertiary alicyclic amines) is 1. The van der Waals surface area contributed by atoms with E-state index in [1.165, 1.54) is 12.0 Å². The molecule has 0 aliphatic carbocycles. The third-order valence-electron chi connectivity index (χ3n) is 6.29. The molecule has 1 unspecified atom stereocenters. The third-order valence-corrected chi connectivity index (χ3v) is 6.29. The summed E-state index contributed by atoms with van der Waals surface area (Å²) in [6.07, 6.45) is 6.33. The monoisotopic (exact) mass is 392 g/mol. The largest absolute Gasteiger partial charge is 0.355 e. The van der Waals surface area contributed by atoms with Gasteiger partial charge in [-0.25, -0.2) is 4.98 Å². The van der Waals surface area contributed by atoms with Gasteiger partial charge in [-0.05, 0) is 50.3 Å². The number of anilines is 1. The first-order valence-corrected chi connectivity index (χ1v) is 11.0. The summed E-state index contributed by atoms with van der Waals surface area (Å²) >= 11 is 0. The Morgan fingerprint density at radius 2 is 1.76 bits per heavy atom. The Bertz CT molecular complexity index is 804. The number of rotatable bonds is 4. The lowest BCUT2D eigenvalue weighted by Gasteiger charge is -2.29. The zero-order valence-corrected chi connectivity index (χ0v) is 17.5. The normalized spacial score (nSPS) is 21.1. The summed E-state index contributed by atoms with van der Waals surface area (Å²) in [6.45, 7) is 7.83. The summed E-state index contributed by atoms with van der Waals surface area (Å²) in [5.74, 6) is 1.00. The van der Waals surface area contributed by atoms with E-state index in [1.807, 2.05) is 23.2 Å². The van der Waals surface area contributed by atoms with Crippen molar-refractivity contribution >= 4 is 11.7 Å². The predicted octanol–water partition coefficient (Wildman–Crippen LogP) is 3.81. The molecule has 29 heavy (non-hydrogen) atoms. The third kappa shape index (κ3) is 4.78. The second-order valence-corrected chi connectivity index (χ2v) is 8.31. The Kier molecular flexibility index (Phi) is 6.45. The number of amides is 1. The van der Waals surface area contributed by atoms with E-state index in [9.17, 15) is 4.79 Å². The molecule has 0 radical (unpaired) electrons. The number of pyridine rings is 1. The first-order valence-electron chi connectivity index (χ1n) is 11.0. The van der Waals surface area contributed by atoms with Crippen LogP contribution >= 0.6 is 0 Å². The van der Waals surface area contributed by atoms with Gasteiger partial charge in [-0.3, -0.25) is 9.69 Å². The minimum absolute atomic E-state index is 0.145. The summed E-state index contributed by atoms with van der Waals surface area (Å²) in [5, 5.41) is 0. The highest BCUT2D eigenvalue weighted by atomic mass is 16.2. The van der Waals surface area contributed by atoms with Gasteiger partial charge in [0.1, 0.15) is 5.82 Å². The number of piperidine rings is 1. The van der Waals surface area contributed by atoms with E-state index in [0.29, 0.717) is 6.04 Å². The van der Waals surface area contributed by atoms with E-state index in [4.69, 9.17) is 0 Å². The minimum atomic E-state index is 0.145. The van der Waals surface area contributed by atoms with Gasteiger partial charge in [-0.1, -0.05) is 30.3 Å². The maximum atomic E-state index is 13.2. The van der Waals surface area contributed by atoms with Crippen molar-refractivity contribution in [3.05, 3.63) is 59.8 Å². The molecule has 1 amide bonds. The molecule has 154 valence electrons. The Labute approximate surface area is 174 Å². The van der Waals surface area contributed by atoms with Crippen molar-refractivity contribution in [3.63, 3.8) is 0 Å². The Hall–Kier alpha value is -2.40. The molecule has 2 saturated heterocycles. The van der Waals surface area contributed by atoms with Gasteiger partial charge in [0, 0.05) is 51.5 Å². The standard InChI is InChI=1S/C24H32N4O/c1-20-12-16-26(17-18-28(20)19-21-9-4-2-5-10-21)23-22(11-8-13-25-23)24(29)27-14-6-3-7-15-27/h2,4-5,8-11,13,20H,3,6-7,12,14-19H2,1H3. The smallest absolute Gasteiger partial charge is 0.257 e. The summed E-state index contributed by atoms with van der Waals surface area (Å²) in [6, 6.07) is 15.0. The molecule has 1 atom stereocenters. The lowest BCUT2D eigenvalue weighted by molar-refractivity contribution is 0.0724. The van der Waals surface area contributed by atoms with E-state index in [1.54, 1.807) is 0 Å². The molecule has 2 fully saturated rings. The second-order valence-electron chi connectivity index (χ2n) is 8.31. The summed E-state index contributed by atoms with van der Waals surface area (Å²) in [5.41, 5.74) is 2.12. The molecule has 5 heteroatoms. The van der Waals surface area contributed by atoms with Crippen LogP contribution in [0.5, 0.6) is 0 Å². The number of carbonyl (C=O) groups is 1. The van der Waals surface area contributed by atoms with Crippen LogP contribution in [-0.4, -0.2) is 59.5 Å². The van der Waals surface area contributed by atoms with Gasteiger partial charge < -0.3 is 9.80 Å². The molecule has 0 saturated carbocycles. The van der Waals surface area contributed by atoms with Crippen LogP contribution in [0.2, 0.25) is 0 Å². The Balaban J connectivity index is 1.48. The lowest BCUT2D eigenvalue weighted by atomic mass is 10.1. The number of hydrogen-bond acceptors (Lipinski definition) is 4. The lowest BCUT2D eigenvalue weighted by Crippen LogP contribution is -2.38. The van der Waals surface area contributed by atoms with Crippen LogP contribution in [0.1, 0.15) is 48.5 Å². The molecule has 4 rings (SSSR count). The van der Waals surface area contributed by atoms with Gasteiger partial charge in [0.25, 0.3) is 5.91 Å². The van der Waals surface area contributed by atoms with E-state index in [-0.39, 0.29) is 5.91 Å². The van der Waals surface area contributed by atoms with Crippen molar-refractivity contribution in [1.29, 1.82) is 0 Å². The average Bonchev–Trinajstić information content (AvgIpc) is 2.96. The zero-order chi connectivity index (χ0) is 20.1. The number of carbonyl (C=O) groups excluding carboxylic acids is 1. The predicted molar refractivity (Wildman–Crippen MR) is 117 cm³/mol. The Morgan fingerprint density at radius 1 is 0.966 bits per heavy atom. The van der Waals surface area contributed by atoms with Crippen LogP contribution in [0.4, 0.5) is 5.82 Å². The van der Waals surface area contributed by atoms with Crippen molar-refractivity contribution in [2.75, 3.05) is 37.6 Å². The highest BCUT2D eigenvalue weighted by Gasteiger charge is 2.27. The van der Waals surface area contributed by atoms with Crippen molar-refractivity contribution in [2.45, 2.75) is 45.2 Å². The molecule has 3 heterocycles. The van der Waals surface area contributed by atoms with Gasteiger partial charge in [0.15, 0.2) is 0 Å². The number of benzene rings is 1. The molecule has 0 N–H and O–H groups in total. The van der Waals surface area contributed by atoms with Gasteiger partial charge in [0.2, 0.25) is 0 Å². The molecular formula is C24H32N4O. The SMILES string of the molecule is CC1CCN(c2ncccc2C(=O)N2CCCCC2)CCN1Cc1ccccc1. The summed E-state index contributed by atoms with van der Waals surface area (Å²) in [4.78, 5) is 24.7. The molecule has 1 aromatic heterocycles. The molecular weight excluding hydrogens is 360 g/mol. The minimum Gasteiger partial charge on any atom is -0.355 e. The topological polar surface area (TPSA) is 39.7 Å². The van der Waals surface area contributed by atoms with Crippen molar-refractivity contribution in [3.8, 4) is 0 Å². The summed E-state index contributed by atoms with van der Waals surface area (Å²) < 4.78 is 0. The first kappa shape index (κ1) is 19.9. The van der Waals surface area contributed by atoms with Crippen molar-refractivity contribution < 1.29 is 4.79 Å². The van der Waals surface area contributed by atoms with Gasteiger partial charge in [-0.2, -0.15) is 0 Å². The molecule has 2 aromatic rings. The second kappa shape index (κ2) is 9.40. The average molecular weight is 393 g/mol. The highest BCUT2D eigenvalue weighted by molar-refractivity contribution is 5.99. The van der Waals surface area contributed by atoms with E-state index < -0.39 is 0 Å². The molecule has 5 nitrogen and oxygen atoms in total. The molecule has 0 bridgehead atoms. The van der Waals surface area contributed by atoms with E-state index >= 15 is 0 Å². The summed E-state index contributed by atoms with van der Waals surface area (Å²) in [7, 11) is 0. The molecule has 0 spiro atoms. The maximum Gasteiger partial charge on any atom is 0.257 e. The quantitative estimate of drug-likeness (QED) is 0.793. The van der Waals surface area contributed by atoms with Gasteiger partial charge in [-0.15, -0.1) is 0 Å². The fourth-order valence-electron chi connectivity index (χ4n) is 4.45. The van der Waals surface area contributed by atoms with Gasteiger partial charge in [0.05, 0.1) is 5.56 Å². The maximum absolute atomic E-state index is 13.2.